The smallest absolute Gasteiger partial charge is 0.0376 e. The number of rotatable bonds is 3. The number of hydrogen-bond donors (Lipinski definition) is 1. The molecule has 15 heavy (non-hydrogen) atoms. The van der Waals surface area contributed by atoms with E-state index in [4.69, 9.17) is 0 Å². The van der Waals surface area contributed by atoms with Crippen molar-refractivity contribution in [3.8, 4) is 0 Å². The van der Waals surface area contributed by atoms with Gasteiger partial charge in [-0.15, -0.1) is 0 Å². The molecule has 0 saturated carbocycles. The van der Waals surface area contributed by atoms with Crippen LogP contribution in [0.5, 0.6) is 0 Å². The van der Waals surface area contributed by atoms with Gasteiger partial charge in [0.2, 0.25) is 0 Å². The summed E-state index contributed by atoms with van der Waals surface area (Å²) in [6.07, 6.45) is 1.18. The zero-order valence-corrected chi connectivity index (χ0v) is 9.88. The highest BCUT2D eigenvalue weighted by Crippen LogP contribution is 2.23. The van der Waals surface area contributed by atoms with Crippen LogP contribution in [-0.4, -0.2) is 24.5 Å². The Kier molecular flexibility index (Phi) is 2.96. The second-order valence-electron chi connectivity index (χ2n) is 4.68. The lowest BCUT2D eigenvalue weighted by atomic mass is 10.1. The van der Waals surface area contributed by atoms with Gasteiger partial charge in [-0.1, -0.05) is 12.1 Å². The zero-order chi connectivity index (χ0) is 10.8. The first-order chi connectivity index (χ1) is 7.16. The van der Waals surface area contributed by atoms with Crippen LogP contribution in [0.25, 0.3) is 0 Å². The predicted octanol–water partition coefficient (Wildman–Crippen LogP) is 2.49. The van der Waals surface area contributed by atoms with Gasteiger partial charge in [0.1, 0.15) is 0 Å². The Balaban J connectivity index is 2.10. The lowest BCUT2D eigenvalue weighted by Gasteiger charge is -2.21. The Morgan fingerprint density at radius 1 is 1.40 bits per heavy atom. The summed E-state index contributed by atoms with van der Waals surface area (Å²) in [4.78, 5) is 2.36. The second kappa shape index (κ2) is 4.23. The molecular formula is C13H20N2. The highest BCUT2D eigenvalue weighted by molar-refractivity contribution is 5.56. The van der Waals surface area contributed by atoms with Crippen molar-refractivity contribution in [1.82, 2.24) is 4.90 Å². The monoisotopic (exact) mass is 204 g/mol. The Hall–Kier alpha value is -1.02. The minimum Gasteiger partial charge on any atom is -0.384 e. The van der Waals surface area contributed by atoms with Crippen molar-refractivity contribution in [2.24, 2.45) is 0 Å². The average molecular weight is 204 g/mol. The van der Waals surface area contributed by atoms with Crippen molar-refractivity contribution in [3.63, 3.8) is 0 Å². The third kappa shape index (κ3) is 2.32. The minimum absolute atomic E-state index is 0.603. The number of fused-ring (bicyclic) bond motifs is 1. The molecule has 1 aromatic carbocycles. The summed E-state index contributed by atoms with van der Waals surface area (Å²) in [6.45, 7) is 6.59. The van der Waals surface area contributed by atoms with E-state index in [-0.39, 0.29) is 0 Å². The Morgan fingerprint density at radius 2 is 2.20 bits per heavy atom. The third-order valence-corrected chi connectivity index (χ3v) is 3.20. The molecule has 0 aromatic heterocycles. The standard InChI is InChI=1S/C13H20N2/c1-10(2)15(3)9-11-4-5-12-6-7-14-13(12)8-11/h4-5,8,10,14H,6-7,9H2,1-3H3. The molecule has 2 nitrogen and oxygen atoms in total. The Labute approximate surface area is 92.3 Å². The fourth-order valence-electron chi connectivity index (χ4n) is 1.91. The molecule has 1 aliphatic heterocycles. The van der Waals surface area contributed by atoms with Gasteiger partial charge < -0.3 is 5.32 Å². The molecule has 1 N–H and O–H groups in total. The van der Waals surface area contributed by atoms with Crippen LogP contribution < -0.4 is 5.32 Å². The van der Waals surface area contributed by atoms with E-state index in [1.54, 1.807) is 0 Å². The molecule has 1 heterocycles. The fourth-order valence-corrected chi connectivity index (χ4v) is 1.91. The van der Waals surface area contributed by atoms with Crippen LogP contribution in [0, 0.1) is 0 Å². The van der Waals surface area contributed by atoms with Gasteiger partial charge in [-0.05, 0) is 44.5 Å². The van der Waals surface area contributed by atoms with Crippen molar-refractivity contribution < 1.29 is 0 Å². The lowest BCUT2D eigenvalue weighted by molar-refractivity contribution is 0.266. The van der Waals surface area contributed by atoms with E-state index in [0.717, 1.165) is 13.1 Å². The molecule has 0 unspecified atom stereocenters. The molecule has 0 atom stereocenters. The molecule has 1 aromatic rings. The van der Waals surface area contributed by atoms with Crippen molar-refractivity contribution in [1.29, 1.82) is 0 Å². The largest absolute Gasteiger partial charge is 0.384 e. The molecule has 2 rings (SSSR count). The van der Waals surface area contributed by atoms with E-state index >= 15 is 0 Å². The van der Waals surface area contributed by atoms with E-state index in [1.165, 1.54) is 23.2 Å². The summed E-state index contributed by atoms with van der Waals surface area (Å²) in [5.74, 6) is 0. The van der Waals surface area contributed by atoms with Gasteiger partial charge >= 0.3 is 0 Å². The average Bonchev–Trinajstić information content (AvgIpc) is 2.64. The number of nitrogens with one attached hydrogen (secondary N) is 1. The molecule has 1 aliphatic rings. The van der Waals surface area contributed by atoms with E-state index in [0.29, 0.717) is 6.04 Å². The number of nitrogens with zero attached hydrogens (tertiary/aromatic N) is 1. The van der Waals surface area contributed by atoms with Gasteiger partial charge in [0, 0.05) is 24.8 Å². The van der Waals surface area contributed by atoms with Crippen LogP contribution in [-0.2, 0) is 13.0 Å². The summed E-state index contributed by atoms with van der Waals surface area (Å²) in [5.41, 5.74) is 4.20. The number of benzene rings is 1. The maximum absolute atomic E-state index is 3.42. The summed E-state index contributed by atoms with van der Waals surface area (Å²) >= 11 is 0. The van der Waals surface area contributed by atoms with Crippen molar-refractivity contribution in [2.75, 3.05) is 18.9 Å². The SMILES string of the molecule is CC(C)N(C)Cc1ccc2c(c1)NCC2. The van der Waals surface area contributed by atoms with Gasteiger partial charge in [-0.2, -0.15) is 0 Å². The summed E-state index contributed by atoms with van der Waals surface area (Å²) in [7, 11) is 2.17. The van der Waals surface area contributed by atoms with Gasteiger partial charge in [-0.25, -0.2) is 0 Å². The van der Waals surface area contributed by atoms with Crippen LogP contribution >= 0.6 is 0 Å². The molecule has 0 amide bonds. The highest BCUT2D eigenvalue weighted by atomic mass is 15.1. The summed E-state index contributed by atoms with van der Waals surface area (Å²) < 4.78 is 0. The van der Waals surface area contributed by atoms with Crippen LogP contribution in [0.4, 0.5) is 5.69 Å². The first-order valence-corrected chi connectivity index (χ1v) is 5.73. The molecule has 0 fully saturated rings. The first-order valence-electron chi connectivity index (χ1n) is 5.73. The highest BCUT2D eigenvalue weighted by Gasteiger charge is 2.11. The third-order valence-electron chi connectivity index (χ3n) is 3.20. The second-order valence-corrected chi connectivity index (χ2v) is 4.68. The maximum atomic E-state index is 3.42. The normalized spacial score (nSPS) is 14.5. The van der Waals surface area contributed by atoms with Crippen LogP contribution in [0.3, 0.4) is 0 Å². The van der Waals surface area contributed by atoms with Crippen molar-refractivity contribution in [3.05, 3.63) is 29.3 Å². The van der Waals surface area contributed by atoms with E-state index in [9.17, 15) is 0 Å². The molecule has 0 aliphatic carbocycles. The van der Waals surface area contributed by atoms with Crippen molar-refractivity contribution >= 4 is 5.69 Å². The van der Waals surface area contributed by atoms with Crippen LogP contribution in [0.15, 0.2) is 18.2 Å². The predicted molar refractivity (Wildman–Crippen MR) is 65.2 cm³/mol. The van der Waals surface area contributed by atoms with Gasteiger partial charge in [0.25, 0.3) is 0 Å². The molecule has 0 radical (unpaired) electrons. The first kappa shape index (κ1) is 10.5. The van der Waals surface area contributed by atoms with Crippen LogP contribution in [0.2, 0.25) is 0 Å². The fraction of sp³-hybridized carbons (Fsp3) is 0.538. The topological polar surface area (TPSA) is 15.3 Å². The Bertz CT molecular complexity index is 344. The van der Waals surface area contributed by atoms with E-state index in [2.05, 4.69) is 49.3 Å². The molecule has 0 saturated heterocycles. The Morgan fingerprint density at radius 3 is 2.93 bits per heavy atom. The number of anilines is 1. The molecule has 0 spiro atoms. The summed E-state index contributed by atoms with van der Waals surface area (Å²) in [6, 6.07) is 7.41. The molecule has 82 valence electrons. The van der Waals surface area contributed by atoms with E-state index in [1.807, 2.05) is 0 Å². The van der Waals surface area contributed by atoms with Crippen LogP contribution in [0.1, 0.15) is 25.0 Å². The van der Waals surface area contributed by atoms with Gasteiger partial charge in [-0.3, -0.25) is 4.90 Å². The molecule has 0 bridgehead atoms. The molecule has 2 heteroatoms. The number of hydrogen-bond acceptors (Lipinski definition) is 2. The van der Waals surface area contributed by atoms with Gasteiger partial charge in [0.15, 0.2) is 0 Å². The lowest BCUT2D eigenvalue weighted by Crippen LogP contribution is -2.25. The van der Waals surface area contributed by atoms with Crippen molar-refractivity contribution in [2.45, 2.75) is 32.9 Å². The zero-order valence-electron chi connectivity index (χ0n) is 9.88. The van der Waals surface area contributed by atoms with E-state index < -0.39 is 0 Å². The maximum Gasteiger partial charge on any atom is 0.0376 e. The quantitative estimate of drug-likeness (QED) is 0.813. The van der Waals surface area contributed by atoms with Gasteiger partial charge in [0.05, 0.1) is 0 Å². The summed E-state index contributed by atoms with van der Waals surface area (Å²) in [5, 5.41) is 3.42. The minimum atomic E-state index is 0.603. The molecular weight excluding hydrogens is 184 g/mol.